The van der Waals surface area contributed by atoms with Crippen LogP contribution >= 0.6 is 11.6 Å². The number of amides is 1. The summed E-state index contributed by atoms with van der Waals surface area (Å²) in [6.07, 6.45) is 5.79. The van der Waals surface area contributed by atoms with Gasteiger partial charge in [0.15, 0.2) is 0 Å². The Kier molecular flexibility index (Phi) is 8.41. The molecule has 11 heteroatoms. The molecule has 9 nitrogen and oxygen atoms in total. The number of sulfone groups is 1. The van der Waals surface area contributed by atoms with Crippen LogP contribution in [-0.4, -0.2) is 83.8 Å². The Hall–Kier alpha value is -3.08. The van der Waals surface area contributed by atoms with Gasteiger partial charge in [-0.1, -0.05) is 24.6 Å². The summed E-state index contributed by atoms with van der Waals surface area (Å²) in [5.41, 5.74) is 10.3. The molecule has 0 unspecified atom stereocenters. The smallest absolute Gasteiger partial charge is 0.255 e. The molecule has 0 aliphatic carbocycles. The molecule has 4 rings (SSSR count). The Labute approximate surface area is 222 Å². The van der Waals surface area contributed by atoms with E-state index in [0.29, 0.717) is 67.7 Å². The summed E-state index contributed by atoms with van der Waals surface area (Å²) in [6, 6.07) is 9.01. The molecule has 0 radical (unpaired) electrons. The maximum atomic E-state index is 13.2. The molecule has 1 aliphatic heterocycles. The van der Waals surface area contributed by atoms with E-state index in [9.17, 15) is 13.2 Å². The summed E-state index contributed by atoms with van der Waals surface area (Å²) in [5, 5.41) is 0.358. The van der Waals surface area contributed by atoms with Crippen molar-refractivity contribution in [2.45, 2.75) is 19.8 Å². The third-order valence-corrected chi connectivity index (χ3v) is 7.80. The largest absolute Gasteiger partial charge is 0.384 e. The highest BCUT2D eigenvalue weighted by atomic mass is 35.5. The third kappa shape index (κ3) is 6.63. The van der Waals surface area contributed by atoms with Gasteiger partial charge in [0.2, 0.25) is 0 Å². The van der Waals surface area contributed by atoms with Crippen LogP contribution in [0.25, 0.3) is 22.4 Å². The second kappa shape index (κ2) is 11.5. The third-order valence-electron chi connectivity index (χ3n) is 6.46. The summed E-state index contributed by atoms with van der Waals surface area (Å²) >= 11 is 6.64. The van der Waals surface area contributed by atoms with Crippen LogP contribution in [0, 0.1) is 0 Å². The van der Waals surface area contributed by atoms with E-state index in [2.05, 4.69) is 19.9 Å². The summed E-state index contributed by atoms with van der Waals surface area (Å²) in [4.78, 5) is 30.4. The van der Waals surface area contributed by atoms with Crippen LogP contribution in [0.5, 0.6) is 0 Å². The van der Waals surface area contributed by atoms with Crippen LogP contribution in [-0.2, 0) is 16.3 Å². The second-order valence-electron chi connectivity index (χ2n) is 9.18. The predicted octanol–water partition coefficient (Wildman–Crippen LogP) is 3.20. The van der Waals surface area contributed by atoms with Crippen molar-refractivity contribution >= 4 is 33.2 Å². The number of nitrogens with zero attached hydrogens (tertiary/aromatic N) is 5. The maximum absolute atomic E-state index is 13.2. The first kappa shape index (κ1) is 27.0. The molecule has 37 heavy (non-hydrogen) atoms. The molecule has 3 heterocycles. The molecule has 1 aliphatic rings. The Bertz CT molecular complexity index is 1370. The normalized spacial score (nSPS) is 14.6. The number of piperazine rings is 1. The van der Waals surface area contributed by atoms with E-state index >= 15 is 0 Å². The molecule has 196 valence electrons. The SMILES string of the molecule is CCc1ncnc(-c2ccc(C(=O)N3CCN(CCCS(C)(=O)=O)CC3)c(Cl)c2)c1-c1ccc(N)nc1. The lowest BCUT2D eigenvalue weighted by atomic mass is 9.97. The standard InChI is InChI=1S/C26H31ClN6O3S/c1-3-22-24(19-6-8-23(28)29-16-19)25(31-17-30-22)18-5-7-20(21(27)15-18)26(34)33-12-10-32(11-13-33)9-4-14-37(2,35)36/h5-8,15-17H,3-4,9-14H2,1-2H3,(H2,28,29). The minimum atomic E-state index is -2.96. The zero-order valence-corrected chi connectivity index (χ0v) is 22.6. The Balaban J connectivity index is 1.51. The van der Waals surface area contributed by atoms with Crippen LogP contribution in [0.4, 0.5) is 5.82 Å². The number of halogens is 1. The zero-order valence-electron chi connectivity index (χ0n) is 21.0. The van der Waals surface area contributed by atoms with Gasteiger partial charge in [0.1, 0.15) is 22.0 Å². The molecule has 0 spiro atoms. The van der Waals surface area contributed by atoms with Crippen molar-refractivity contribution in [3.8, 4) is 22.4 Å². The van der Waals surface area contributed by atoms with E-state index in [4.69, 9.17) is 17.3 Å². The van der Waals surface area contributed by atoms with Crippen molar-refractivity contribution in [3.05, 3.63) is 59.1 Å². The van der Waals surface area contributed by atoms with Crippen molar-refractivity contribution in [1.29, 1.82) is 0 Å². The first-order valence-corrected chi connectivity index (χ1v) is 14.6. The topological polar surface area (TPSA) is 122 Å². The number of nitrogen functional groups attached to an aromatic ring is 1. The number of hydrogen-bond acceptors (Lipinski definition) is 8. The summed E-state index contributed by atoms with van der Waals surface area (Å²) in [6.45, 7) is 5.26. The fourth-order valence-electron chi connectivity index (χ4n) is 4.50. The van der Waals surface area contributed by atoms with Crippen molar-refractivity contribution in [1.82, 2.24) is 24.8 Å². The first-order chi connectivity index (χ1) is 17.7. The van der Waals surface area contributed by atoms with E-state index in [-0.39, 0.29) is 11.7 Å². The molecular formula is C26H31ClN6O3S. The highest BCUT2D eigenvalue weighted by Gasteiger charge is 2.24. The fraction of sp³-hybridized carbons (Fsp3) is 0.385. The van der Waals surface area contributed by atoms with Crippen LogP contribution in [0.3, 0.4) is 0 Å². The molecule has 1 fully saturated rings. The minimum Gasteiger partial charge on any atom is -0.384 e. The van der Waals surface area contributed by atoms with Crippen molar-refractivity contribution in [2.75, 3.05) is 50.5 Å². The lowest BCUT2D eigenvalue weighted by Crippen LogP contribution is -2.49. The van der Waals surface area contributed by atoms with Crippen LogP contribution < -0.4 is 5.73 Å². The minimum absolute atomic E-state index is 0.118. The summed E-state index contributed by atoms with van der Waals surface area (Å²) < 4.78 is 22.7. The average molecular weight is 543 g/mol. The number of nitrogens with two attached hydrogens (primary N) is 1. The van der Waals surface area contributed by atoms with Gasteiger partial charge in [-0.2, -0.15) is 0 Å². The van der Waals surface area contributed by atoms with Crippen molar-refractivity contribution in [3.63, 3.8) is 0 Å². The maximum Gasteiger partial charge on any atom is 0.255 e. The highest BCUT2D eigenvalue weighted by molar-refractivity contribution is 7.90. The van der Waals surface area contributed by atoms with Gasteiger partial charge in [0, 0.05) is 55.3 Å². The van der Waals surface area contributed by atoms with E-state index < -0.39 is 9.84 Å². The number of carbonyl (C=O) groups is 1. The molecule has 2 N–H and O–H groups in total. The van der Waals surface area contributed by atoms with Crippen molar-refractivity contribution in [2.24, 2.45) is 0 Å². The lowest BCUT2D eigenvalue weighted by molar-refractivity contribution is 0.0638. The van der Waals surface area contributed by atoms with Crippen molar-refractivity contribution < 1.29 is 13.2 Å². The molecule has 0 bridgehead atoms. The molecular weight excluding hydrogens is 512 g/mol. The quantitative estimate of drug-likeness (QED) is 0.460. The van der Waals surface area contributed by atoms with E-state index in [1.807, 2.05) is 19.1 Å². The Morgan fingerprint density at radius 3 is 2.41 bits per heavy atom. The highest BCUT2D eigenvalue weighted by Crippen LogP contribution is 2.34. The van der Waals surface area contributed by atoms with Crippen LogP contribution in [0.1, 0.15) is 29.4 Å². The molecule has 1 amide bonds. The van der Waals surface area contributed by atoms with Gasteiger partial charge >= 0.3 is 0 Å². The summed E-state index contributed by atoms with van der Waals surface area (Å²) in [5.74, 6) is 0.490. The van der Waals surface area contributed by atoms with Gasteiger partial charge in [-0.25, -0.2) is 23.4 Å². The Morgan fingerprint density at radius 2 is 1.78 bits per heavy atom. The molecule has 2 aromatic heterocycles. The zero-order chi connectivity index (χ0) is 26.6. The van der Waals surface area contributed by atoms with Gasteiger partial charge < -0.3 is 10.6 Å². The number of aryl methyl sites for hydroxylation is 1. The number of rotatable bonds is 8. The van der Waals surface area contributed by atoms with Gasteiger partial charge in [-0.3, -0.25) is 9.69 Å². The molecule has 0 saturated carbocycles. The first-order valence-electron chi connectivity index (χ1n) is 12.2. The number of benzene rings is 1. The van der Waals surface area contributed by atoms with E-state index in [0.717, 1.165) is 22.4 Å². The van der Waals surface area contributed by atoms with E-state index in [1.54, 1.807) is 29.3 Å². The average Bonchev–Trinajstić information content (AvgIpc) is 2.88. The van der Waals surface area contributed by atoms with E-state index in [1.165, 1.54) is 12.6 Å². The monoisotopic (exact) mass is 542 g/mol. The molecule has 1 aromatic carbocycles. The molecule has 1 saturated heterocycles. The molecule has 3 aromatic rings. The van der Waals surface area contributed by atoms with Gasteiger partial charge in [0.05, 0.1) is 27.7 Å². The number of carbonyl (C=O) groups excluding carboxylic acids is 1. The van der Waals surface area contributed by atoms with Gasteiger partial charge in [0.25, 0.3) is 5.91 Å². The number of aromatic nitrogens is 3. The van der Waals surface area contributed by atoms with Crippen LogP contribution in [0.15, 0.2) is 42.9 Å². The van der Waals surface area contributed by atoms with Gasteiger partial charge in [-0.15, -0.1) is 0 Å². The summed E-state index contributed by atoms with van der Waals surface area (Å²) in [7, 11) is -2.96. The Morgan fingerprint density at radius 1 is 1.05 bits per heavy atom. The second-order valence-corrected chi connectivity index (χ2v) is 11.8. The number of anilines is 1. The van der Waals surface area contributed by atoms with Gasteiger partial charge in [-0.05, 0) is 43.7 Å². The van der Waals surface area contributed by atoms with Crippen LogP contribution in [0.2, 0.25) is 5.02 Å². The fourth-order valence-corrected chi connectivity index (χ4v) is 5.41. The molecule has 0 atom stereocenters. The number of pyridine rings is 1. The number of hydrogen-bond donors (Lipinski definition) is 1. The predicted molar refractivity (Wildman–Crippen MR) is 146 cm³/mol. The lowest BCUT2D eigenvalue weighted by Gasteiger charge is -2.34.